The second-order valence-electron chi connectivity index (χ2n) is 4.01. The summed E-state index contributed by atoms with van der Waals surface area (Å²) in [4.78, 5) is 7.58. The van der Waals surface area contributed by atoms with Gasteiger partial charge >= 0.3 is 0 Å². The van der Waals surface area contributed by atoms with E-state index in [4.69, 9.17) is 4.52 Å². The molecule has 0 bridgehead atoms. The lowest BCUT2D eigenvalue weighted by Gasteiger charge is -1.96. The highest BCUT2D eigenvalue weighted by atomic mass is 16.5. The van der Waals surface area contributed by atoms with Crippen LogP contribution in [-0.2, 0) is 6.42 Å². The molecule has 0 fully saturated rings. The number of aryl methyl sites for hydroxylation is 1. The van der Waals surface area contributed by atoms with Gasteiger partial charge in [-0.2, -0.15) is 4.98 Å². The van der Waals surface area contributed by atoms with Crippen LogP contribution in [0, 0.1) is 0 Å². The van der Waals surface area contributed by atoms with Crippen LogP contribution >= 0.6 is 0 Å². The first-order chi connectivity index (χ1) is 8.38. The van der Waals surface area contributed by atoms with Crippen molar-refractivity contribution in [2.24, 2.45) is 0 Å². The number of fused-ring (bicyclic) bond motifs is 1. The fourth-order valence-corrected chi connectivity index (χ4v) is 1.96. The second kappa shape index (κ2) is 4.05. The molecule has 2 aromatic heterocycles. The van der Waals surface area contributed by atoms with E-state index in [1.54, 1.807) is 0 Å². The SMILES string of the molecule is CCCc1noc(-c2cccc3[nH]ccc23)n1. The van der Waals surface area contributed by atoms with Gasteiger partial charge in [0, 0.05) is 29.1 Å². The Morgan fingerprint density at radius 2 is 2.24 bits per heavy atom. The van der Waals surface area contributed by atoms with Crippen LogP contribution in [0.1, 0.15) is 19.2 Å². The predicted molar refractivity (Wildman–Crippen MR) is 65.6 cm³/mol. The van der Waals surface area contributed by atoms with E-state index < -0.39 is 0 Å². The van der Waals surface area contributed by atoms with Crippen LogP contribution in [0.5, 0.6) is 0 Å². The molecule has 1 aromatic carbocycles. The fourth-order valence-electron chi connectivity index (χ4n) is 1.96. The van der Waals surface area contributed by atoms with Crippen LogP contribution in [0.25, 0.3) is 22.4 Å². The predicted octanol–water partition coefficient (Wildman–Crippen LogP) is 3.17. The lowest BCUT2D eigenvalue weighted by atomic mass is 10.1. The highest BCUT2D eigenvalue weighted by Gasteiger charge is 2.11. The Hall–Kier alpha value is -2.10. The number of rotatable bonds is 3. The highest BCUT2D eigenvalue weighted by Crippen LogP contribution is 2.26. The summed E-state index contributed by atoms with van der Waals surface area (Å²) in [6.45, 7) is 2.10. The number of H-pyrrole nitrogens is 1. The number of hydrogen-bond acceptors (Lipinski definition) is 3. The van der Waals surface area contributed by atoms with Crippen LogP contribution in [0.3, 0.4) is 0 Å². The van der Waals surface area contributed by atoms with E-state index in [1.807, 2.05) is 30.5 Å². The van der Waals surface area contributed by atoms with Crippen molar-refractivity contribution in [2.75, 3.05) is 0 Å². The molecule has 17 heavy (non-hydrogen) atoms. The fraction of sp³-hybridized carbons (Fsp3) is 0.231. The van der Waals surface area contributed by atoms with Crippen molar-refractivity contribution in [1.29, 1.82) is 0 Å². The molecule has 3 aromatic rings. The van der Waals surface area contributed by atoms with Gasteiger partial charge in [0.05, 0.1) is 0 Å². The van der Waals surface area contributed by atoms with Crippen molar-refractivity contribution in [1.82, 2.24) is 15.1 Å². The van der Waals surface area contributed by atoms with E-state index in [0.29, 0.717) is 5.89 Å². The molecule has 0 aliphatic carbocycles. The zero-order valence-corrected chi connectivity index (χ0v) is 9.60. The van der Waals surface area contributed by atoms with Crippen LogP contribution in [0.4, 0.5) is 0 Å². The van der Waals surface area contributed by atoms with Crippen molar-refractivity contribution >= 4 is 10.9 Å². The van der Waals surface area contributed by atoms with Gasteiger partial charge in [0.1, 0.15) is 0 Å². The first-order valence-electron chi connectivity index (χ1n) is 5.77. The Labute approximate surface area is 98.7 Å². The number of aromatic nitrogens is 3. The van der Waals surface area contributed by atoms with Crippen molar-refractivity contribution in [2.45, 2.75) is 19.8 Å². The van der Waals surface area contributed by atoms with Crippen LogP contribution < -0.4 is 0 Å². The van der Waals surface area contributed by atoms with Crippen LogP contribution in [0.2, 0.25) is 0 Å². The quantitative estimate of drug-likeness (QED) is 0.747. The van der Waals surface area contributed by atoms with Gasteiger partial charge in [-0.15, -0.1) is 0 Å². The van der Waals surface area contributed by atoms with Crippen molar-refractivity contribution in [3.63, 3.8) is 0 Å². The van der Waals surface area contributed by atoms with Crippen molar-refractivity contribution in [3.05, 3.63) is 36.3 Å². The van der Waals surface area contributed by atoms with E-state index in [0.717, 1.165) is 35.1 Å². The average Bonchev–Trinajstić information content (AvgIpc) is 2.96. The topological polar surface area (TPSA) is 54.7 Å². The van der Waals surface area contributed by atoms with Gasteiger partial charge in [0.25, 0.3) is 5.89 Å². The molecule has 0 spiro atoms. The Kier molecular flexibility index (Phi) is 2.40. The first-order valence-corrected chi connectivity index (χ1v) is 5.77. The third-order valence-corrected chi connectivity index (χ3v) is 2.77. The molecule has 0 unspecified atom stereocenters. The largest absolute Gasteiger partial charge is 0.361 e. The molecule has 0 saturated carbocycles. The van der Waals surface area contributed by atoms with E-state index in [1.165, 1.54) is 0 Å². The maximum Gasteiger partial charge on any atom is 0.258 e. The molecule has 0 aliphatic rings. The van der Waals surface area contributed by atoms with Crippen LogP contribution in [-0.4, -0.2) is 15.1 Å². The van der Waals surface area contributed by atoms with E-state index in [9.17, 15) is 0 Å². The number of hydrogen-bond donors (Lipinski definition) is 1. The molecule has 1 N–H and O–H groups in total. The monoisotopic (exact) mass is 227 g/mol. The minimum atomic E-state index is 0.596. The van der Waals surface area contributed by atoms with Crippen molar-refractivity contribution < 1.29 is 4.52 Å². The smallest absolute Gasteiger partial charge is 0.258 e. The summed E-state index contributed by atoms with van der Waals surface area (Å²) in [5.41, 5.74) is 2.07. The Morgan fingerprint density at radius 3 is 3.12 bits per heavy atom. The Bertz CT molecular complexity index is 639. The molecule has 0 radical (unpaired) electrons. The molecular weight excluding hydrogens is 214 g/mol. The average molecular weight is 227 g/mol. The molecular formula is C13H13N3O. The summed E-state index contributed by atoms with van der Waals surface area (Å²) in [7, 11) is 0. The zero-order valence-electron chi connectivity index (χ0n) is 9.60. The molecule has 4 nitrogen and oxygen atoms in total. The molecule has 0 aliphatic heterocycles. The zero-order chi connectivity index (χ0) is 11.7. The molecule has 2 heterocycles. The Balaban J connectivity index is 2.10. The second-order valence-corrected chi connectivity index (χ2v) is 4.01. The maximum atomic E-state index is 5.31. The molecule has 0 atom stereocenters. The molecule has 86 valence electrons. The standard InChI is InChI=1S/C13H13N3O/c1-2-4-12-15-13(17-16-12)10-5-3-6-11-9(10)7-8-14-11/h3,5-8,14H,2,4H2,1H3. The third-order valence-electron chi connectivity index (χ3n) is 2.77. The van der Waals surface area contributed by atoms with Crippen LogP contribution in [0.15, 0.2) is 35.0 Å². The van der Waals surface area contributed by atoms with Gasteiger partial charge in [-0.25, -0.2) is 0 Å². The third kappa shape index (κ3) is 1.71. The number of aromatic amines is 1. The van der Waals surface area contributed by atoms with E-state index in [-0.39, 0.29) is 0 Å². The molecule has 3 rings (SSSR count). The normalized spacial score (nSPS) is 11.1. The lowest BCUT2D eigenvalue weighted by molar-refractivity contribution is 0.422. The highest BCUT2D eigenvalue weighted by molar-refractivity contribution is 5.92. The van der Waals surface area contributed by atoms with Gasteiger partial charge in [-0.3, -0.25) is 0 Å². The summed E-state index contributed by atoms with van der Waals surface area (Å²) in [5, 5.41) is 5.09. The minimum Gasteiger partial charge on any atom is -0.361 e. The van der Waals surface area contributed by atoms with Gasteiger partial charge in [0.2, 0.25) is 0 Å². The molecule has 0 saturated heterocycles. The number of nitrogens with zero attached hydrogens (tertiary/aromatic N) is 2. The van der Waals surface area contributed by atoms with E-state index in [2.05, 4.69) is 22.0 Å². The maximum absolute atomic E-state index is 5.31. The summed E-state index contributed by atoms with van der Waals surface area (Å²) < 4.78 is 5.31. The van der Waals surface area contributed by atoms with Crippen molar-refractivity contribution in [3.8, 4) is 11.5 Å². The summed E-state index contributed by atoms with van der Waals surface area (Å²) in [5.74, 6) is 1.37. The number of benzene rings is 1. The molecule has 4 heteroatoms. The number of nitrogens with one attached hydrogen (secondary N) is 1. The summed E-state index contributed by atoms with van der Waals surface area (Å²) >= 11 is 0. The van der Waals surface area contributed by atoms with Gasteiger partial charge < -0.3 is 9.51 Å². The molecule has 0 amide bonds. The van der Waals surface area contributed by atoms with Gasteiger partial charge in [0.15, 0.2) is 5.82 Å². The van der Waals surface area contributed by atoms with E-state index >= 15 is 0 Å². The first kappa shape index (κ1) is 10.1. The summed E-state index contributed by atoms with van der Waals surface area (Å²) in [6.07, 6.45) is 3.79. The minimum absolute atomic E-state index is 0.596. The van der Waals surface area contributed by atoms with Gasteiger partial charge in [-0.05, 0) is 24.6 Å². The Morgan fingerprint density at radius 1 is 1.29 bits per heavy atom. The lowest BCUT2D eigenvalue weighted by Crippen LogP contribution is -1.85. The van der Waals surface area contributed by atoms with Gasteiger partial charge in [-0.1, -0.05) is 18.1 Å². The summed E-state index contributed by atoms with van der Waals surface area (Å²) in [6, 6.07) is 8.04.